The highest BCUT2D eigenvalue weighted by molar-refractivity contribution is 6.32. The van der Waals surface area contributed by atoms with E-state index in [0.29, 0.717) is 10.8 Å². The molecule has 2 aromatic heterocycles. The number of ether oxygens (including phenoxy) is 3. The van der Waals surface area contributed by atoms with Gasteiger partial charge in [-0.25, -0.2) is 24.2 Å². The molecule has 0 radical (unpaired) electrons. The number of rotatable bonds is 6. The van der Waals surface area contributed by atoms with Gasteiger partial charge in [0.25, 0.3) is 11.5 Å². The Bertz CT molecular complexity index is 2180. The first-order valence-corrected chi connectivity index (χ1v) is 13.6. The molecule has 1 atom stereocenters. The van der Waals surface area contributed by atoms with Gasteiger partial charge in [0, 0.05) is 17.2 Å². The monoisotopic (exact) mass is 641 g/mol. The molecule has 46 heavy (non-hydrogen) atoms. The number of pyridine rings is 1. The van der Waals surface area contributed by atoms with Crippen LogP contribution in [0.15, 0.2) is 107 Å². The number of fused-ring (bicyclic) bond motifs is 1. The lowest BCUT2D eigenvalue weighted by Crippen LogP contribution is -2.46. The van der Waals surface area contributed by atoms with Crippen LogP contribution in [-0.2, 0) is 4.74 Å². The number of nitrogens with zero attached hydrogens (tertiary/aromatic N) is 3. The summed E-state index contributed by atoms with van der Waals surface area (Å²) >= 11 is 6.11. The van der Waals surface area contributed by atoms with Crippen molar-refractivity contribution in [2.24, 2.45) is 0 Å². The second-order valence-corrected chi connectivity index (χ2v) is 10.0. The highest BCUT2D eigenvalue weighted by atomic mass is 35.5. The Morgan fingerprint density at radius 2 is 1.46 bits per heavy atom. The molecule has 1 aliphatic heterocycles. The van der Waals surface area contributed by atoms with Gasteiger partial charge in [0.05, 0.1) is 29.1 Å². The van der Waals surface area contributed by atoms with Gasteiger partial charge in [0.2, 0.25) is 17.9 Å². The Kier molecular flexibility index (Phi) is 7.82. The summed E-state index contributed by atoms with van der Waals surface area (Å²) in [7, 11) is 0. The van der Waals surface area contributed by atoms with E-state index in [-0.39, 0.29) is 49.0 Å². The number of carbonyl (C=O) groups excluding carboxylic acids is 4. The van der Waals surface area contributed by atoms with Gasteiger partial charge in [-0.05, 0) is 42.5 Å². The molecule has 3 aromatic carbocycles. The van der Waals surface area contributed by atoms with Crippen LogP contribution in [0.5, 0.6) is 11.6 Å². The van der Waals surface area contributed by atoms with Gasteiger partial charge in [0.15, 0.2) is 5.75 Å². The fraction of sp³-hybridized carbons (Fsp3) is 0.0312. The molecule has 6 rings (SSSR count). The van der Waals surface area contributed by atoms with Crippen LogP contribution in [-0.4, -0.2) is 37.9 Å². The molecule has 0 spiro atoms. The van der Waals surface area contributed by atoms with Gasteiger partial charge < -0.3 is 14.2 Å². The first-order valence-electron chi connectivity index (χ1n) is 13.3. The van der Waals surface area contributed by atoms with E-state index in [4.69, 9.17) is 25.8 Å². The van der Waals surface area contributed by atoms with Crippen molar-refractivity contribution in [1.29, 1.82) is 0 Å². The minimum atomic E-state index is -1.52. The van der Waals surface area contributed by atoms with Crippen molar-refractivity contribution in [3.63, 3.8) is 0 Å². The topological polar surface area (TPSA) is 153 Å². The van der Waals surface area contributed by atoms with Gasteiger partial charge in [-0.2, -0.15) is 8.96 Å². The largest absolute Gasteiger partial charge is 0.433 e. The van der Waals surface area contributed by atoms with E-state index in [1.165, 1.54) is 24.3 Å². The van der Waals surface area contributed by atoms with Crippen molar-refractivity contribution < 1.29 is 37.8 Å². The van der Waals surface area contributed by atoms with Gasteiger partial charge in [-0.3, -0.25) is 14.2 Å². The van der Waals surface area contributed by atoms with Gasteiger partial charge >= 0.3 is 23.6 Å². The summed E-state index contributed by atoms with van der Waals surface area (Å²) in [5.41, 5.74) is -2.47. The SMILES string of the molecule is O=C(Oc1cc(OC(=O)c2ccc(C(=O)n3c(=O)c(F)cn(C4OC(=O)c5ccccc54)c3=O)cc2)c(Cl)cn1)c1ccccc1. The lowest BCUT2D eigenvalue weighted by molar-refractivity contribution is 0.0303. The van der Waals surface area contributed by atoms with Crippen LogP contribution in [0.3, 0.4) is 0 Å². The van der Waals surface area contributed by atoms with Crippen LogP contribution < -0.4 is 20.7 Å². The Hall–Kier alpha value is -6.21. The number of benzene rings is 3. The number of hydrogen-bond donors (Lipinski definition) is 0. The van der Waals surface area contributed by atoms with Gasteiger partial charge in [-0.15, -0.1) is 0 Å². The molecule has 1 aliphatic rings. The number of aromatic nitrogens is 3. The normalized spacial score (nSPS) is 13.4. The molecular formula is C32H17ClFN3O9. The minimum Gasteiger partial charge on any atom is -0.433 e. The maximum absolute atomic E-state index is 14.7. The minimum absolute atomic E-state index is 0.0619. The second-order valence-electron chi connectivity index (χ2n) is 9.63. The summed E-state index contributed by atoms with van der Waals surface area (Å²) in [6, 6.07) is 19.9. The molecule has 0 saturated heterocycles. The zero-order chi connectivity index (χ0) is 32.5. The number of carbonyl (C=O) groups is 4. The highest BCUT2D eigenvalue weighted by Crippen LogP contribution is 2.31. The quantitative estimate of drug-likeness (QED) is 0.248. The summed E-state index contributed by atoms with van der Waals surface area (Å²) < 4.78 is 31.2. The molecule has 0 bridgehead atoms. The molecule has 0 N–H and O–H groups in total. The molecular weight excluding hydrogens is 625 g/mol. The molecule has 12 nitrogen and oxygen atoms in total. The molecule has 0 fully saturated rings. The Balaban J connectivity index is 1.22. The first-order chi connectivity index (χ1) is 22.1. The van der Waals surface area contributed by atoms with E-state index >= 15 is 0 Å². The highest BCUT2D eigenvalue weighted by Gasteiger charge is 2.34. The van der Waals surface area contributed by atoms with Crippen LogP contribution in [0.25, 0.3) is 0 Å². The van der Waals surface area contributed by atoms with Crippen molar-refractivity contribution >= 4 is 35.4 Å². The van der Waals surface area contributed by atoms with E-state index < -0.39 is 47.1 Å². The third-order valence-corrected chi connectivity index (χ3v) is 7.05. The third-order valence-electron chi connectivity index (χ3n) is 6.77. The average molecular weight is 642 g/mol. The van der Waals surface area contributed by atoms with Crippen molar-refractivity contribution in [1.82, 2.24) is 14.1 Å². The molecule has 5 aromatic rings. The van der Waals surface area contributed by atoms with E-state index in [9.17, 15) is 33.2 Å². The molecule has 1 unspecified atom stereocenters. The predicted octanol–water partition coefficient (Wildman–Crippen LogP) is 4.04. The number of hydrogen-bond acceptors (Lipinski definition) is 10. The molecule has 3 heterocycles. The third kappa shape index (κ3) is 5.57. The van der Waals surface area contributed by atoms with Crippen LogP contribution in [0.2, 0.25) is 5.02 Å². The van der Waals surface area contributed by atoms with Crippen LogP contribution in [0.4, 0.5) is 4.39 Å². The fourth-order valence-corrected chi connectivity index (χ4v) is 4.67. The smallest absolute Gasteiger partial charge is 0.344 e. The Labute approximate surface area is 261 Å². The first kappa shape index (κ1) is 29.8. The van der Waals surface area contributed by atoms with Crippen molar-refractivity contribution in [2.45, 2.75) is 6.23 Å². The standard InChI is InChI=1S/C32H17ClFN3O9/c33-22-15-35-25(45-30(41)18-6-2-1-3-7-18)14-24(22)44-29(40)19-12-10-17(11-13-19)26(38)37-27(39)23(34)16-36(32(37)43)28-20-8-4-5-9-21(20)31(42)46-28/h1-16,28H. The van der Waals surface area contributed by atoms with Crippen molar-refractivity contribution in [2.75, 3.05) is 0 Å². The maximum Gasteiger partial charge on any atom is 0.344 e. The summed E-state index contributed by atoms with van der Waals surface area (Å²) in [5, 5.41) is -0.0722. The van der Waals surface area contributed by atoms with Gasteiger partial charge in [0.1, 0.15) is 5.02 Å². The molecule has 228 valence electrons. The van der Waals surface area contributed by atoms with E-state index in [0.717, 1.165) is 24.4 Å². The summed E-state index contributed by atoms with van der Waals surface area (Å²) in [6.07, 6.45) is 0.268. The predicted molar refractivity (Wildman–Crippen MR) is 157 cm³/mol. The number of cyclic esters (lactones) is 1. The lowest BCUT2D eigenvalue weighted by Gasteiger charge is -2.16. The van der Waals surface area contributed by atoms with Crippen molar-refractivity contribution in [3.05, 3.63) is 157 Å². The average Bonchev–Trinajstić information content (AvgIpc) is 3.40. The van der Waals surface area contributed by atoms with E-state index in [1.54, 1.807) is 42.5 Å². The van der Waals surface area contributed by atoms with Gasteiger partial charge in [-0.1, -0.05) is 48.0 Å². The molecule has 14 heteroatoms. The molecule has 0 saturated carbocycles. The van der Waals surface area contributed by atoms with Crippen molar-refractivity contribution in [3.8, 4) is 11.6 Å². The zero-order valence-corrected chi connectivity index (χ0v) is 23.8. The summed E-state index contributed by atoms with van der Waals surface area (Å²) in [6.45, 7) is 0. The maximum atomic E-state index is 14.7. The number of esters is 3. The van der Waals surface area contributed by atoms with E-state index in [1.807, 2.05) is 0 Å². The summed E-state index contributed by atoms with van der Waals surface area (Å²) in [5.74, 6) is -5.43. The van der Waals surface area contributed by atoms with Crippen LogP contribution in [0, 0.1) is 5.82 Å². The Morgan fingerprint density at radius 1 is 0.826 bits per heavy atom. The summed E-state index contributed by atoms with van der Waals surface area (Å²) in [4.78, 5) is 80.5. The zero-order valence-electron chi connectivity index (χ0n) is 23.1. The van der Waals surface area contributed by atoms with E-state index in [2.05, 4.69) is 4.98 Å². The van der Waals surface area contributed by atoms with Crippen LogP contribution in [0.1, 0.15) is 53.2 Å². The number of halogens is 2. The molecule has 0 amide bonds. The molecule has 0 aliphatic carbocycles. The lowest BCUT2D eigenvalue weighted by atomic mass is 10.1. The van der Waals surface area contributed by atoms with Crippen LogP contribution >= 0.6 is 11.6 Å². The fourth-order valence-electron chi connectivity index (χ4n) is 4.52. The second kappa shape index (κ2) is 12.1. The Morgan fingerprint density at radius 3 is 2.20 bits per heavy atom.